The van der Waals surface area contributed by atoms with Crippen LogP contribution in [0.5, 0.6) is 0 Å². The van der Waals surface area contributed by atoms with Gasteiger partial charge in [-0.15, -0.1) is 0 Å². The number of rotatable bonds is 2. The largest absolute Gasteiger partial charge is 0.282 e. The van der Waals surface area contributed by atoms with E-state index in [9.17, 15) is 10.1 Å². The SMILES string of the molecule is O=[N+]([O-])Cn1ccnc1. The first-order chi connectivity index (χ1) is 4.29. The summed E-state index contributed by atoms with van der Waals surface area (Å²) in [7, 11) is 0. The van der Waals surface area contributed by atoms with Crippen LogP contribution in [0, 0.1) is 10.1 Å². The van der Waals surface area contributed by atoms with Crippen molar-refractivity contribution in [2.75, 3.05) is 0 Å². The second-order valence-electron chi connectivity index (χ2n) is 1.55. The van der Waals surface area contributed by atoms with E-state index in [1.54, 1.807) is 6.20 Å². The van der Waals surface area contributed by atoms with Crippen LogP contribution in [0.15, 0.2) is 18.7 Å². The minimum atomic E-state index is -0.415. The van der Waals surface area contributed by atoms with Gasteiger partial charge in [-0.05, 0) is 0 Å². The summed E-state index contributed by atoms with van der Waals surface area (Å²) in [5, 5.41) is 9.82. The van der Waals surface area contributed by atoms with Crippen LogP contribution < -0.4 is 0 Å². The van der Waals surface area contributed by atoms with Gasteiger partial charge in [0.1, 0.15) is 0 Å². The molecule has 0 radical (unpaired) electrons. The molecule has 5 nitrogen and oxygen atoms in total. The number of nitro groups is 1. The Hall–Kier alpha value is -1.39. The number of nitrogens with zero attached hydrogens (tertiary/aromatic N) is 3. The molecule has 1 aromatic heterocycles. The summed E-state index contributed by atoms with van der Waals surface area (Å²) in [6.07, 6.45) is 4.45. The molecule has 0 saturated carbocycles. The Bertz CT molecular complexity index is 194. The fourth-order valence-electron chi connectivity index (χ4n) is 0.504. The van der Waals surface area contributed by atoms with Gasteiger partial charge in [0.25, 0.3) is 6.67 Å². The Morgan fingerprint density at radius 2 is 2.56 bits per heavy atom. The molecule has 0 aliphatic rings. The maximum absolute atomic E-state index is 9.82. The van der Waals surface area contributed by atoms with Crippen LogP contribution in [0.3, 0.4) is 0 Å². The summed E-state index contributed by atoms with van der Waals surface area (Å²) >= 11 is 0. The number of hydrogen-bond donors (Lipinski definition) is 0. The molecule has 0 atom stereocenters. The first-order valence-electron chi connectivity index (χ1n) is 2.36. The van der Waals surface area contributed by atoms with Gasteiger partial charge in [0.05, 0.1) is 6.33 Å². The standard InChI is InChI=1S/C4H5N3O2/c8-7(9)4-6-2-1-5-3-6/h1-3H,4H2. The third kappa shape index (κ3) is 1.52. The Labute approximate surface area is 51.1 Å². The van der Waals surface area contributed by atoms with Crippen LogP contribution in [-0.2, 0) is 6.67 Å². The Morgan fingerprint density at radius 1 is 1.78 bits per heavy atom. The van der Waals surface area contributed by atoms with Crippen molar-refractivity contribution in [3.63, 3.8) is 0 Å². The third-order valence-electron chi connectivity index (χ3n) is 0.838. The first kappa shape index (κ1) is 5.74. The molecule has 1 heterocycles. The van der Waals surface area contributed by atoms with E-state index in [4.69, 9.17) is 0 Å². The van der Waals surface area contributed by atoms with Gasteiger partial charge < -0.3 is 0 Å². The van der Waals surface area contributed by atoms with Crippen LogP contribution in [0.25, 0.3) is 0 Å². The molecular weight excluding hydrogens is 122 g/mol. The van der Waals surface area contributed by atoms with Gasteiger partial charge in [-0.25, -0.2) is 4.98 Å². The minimum absolute atomic E-state index is 0.208. The van der Waals surface area contributed by atoms with E-state index in [1.165, 1.54) is 17.1 Å². The fourth-order valence-corrected chi connectivity index (χ4v) is 0.504. The van der Waals surface area contributed by atoms with Crippen molar-refractivity contribution in [1.29, 1.82) is 0 Å². The number of hydrogen-bond acceptors (Lipinski definition) is 3. The van der Waals surface area contributed by atoms with E-state index >= 15 is 0 Å². The topological polar surface area (TPSA) is 61.0 Å². The lowest BCUT2D eigenvalue weighted by atomic mass is 10.9. The molecular formula is C4H5N3O2. The normalized spacial score (nSPS) is 9.33. The second-order valence-corrected chi connectivity index (χ2v) is 1.55. The summed E-state index contributed by atoms with van der Waals surface area (Å²) in [6, 6.07) is 0. The van der Waals surface area contributed by atoms with Crippen LogP contribution in [0.1, 0.15) is 0 Å². The fraction of sp³-hybridized carbons (Fsp3) is 0.250. The lowest BCUT2D eigenvalue weighted by Crippen LogP contribution is -2.04. The van der Waals surface area contributed by atoms with Gasteiger partial charge in [0, 0.05) is 17.3 Å². The molecule has 0 amide bonds. The van der Waals surface area contributed by atoms with Gasteiger partial charge in [0.2, 0.25) is 0 Å². The highest BCUT2D eigenvalue weighted by molar-refractivity contribution is 4.71. The van der Waals surface area contributed by atoms with Crippen molar-refractivity contribution < 1.29 is 4.92 Å². The molecule has 0 unspecified atom stereocenters. The van der Waals surface area contributed by atoms with Crippen molar-refractivity contribution >= 4 is 0 Å². The molecule has 0 aliphatic carbocycles. The maximum atomic E-state index is 9.82. The lowest BCUT2D eigenvalue weighted by Gasteiger charge is -1.89. The predicted molar refractivity (Wildman–Crippen MR) is 29.2 cm³/mol. The molecule has 0 aromatic carbocycles. The quantitative estimate of drug-likeness (QED) is 0.418. The first-order valence-corrected chi connectivity index (χ1v) is 2.36. The summed E-state index contributed by atoms with van der Waals surface area (Å²) in [4.78, 5) is 13.0. The number of imidazole rings is 1. The molecule has 0 bridgehead atoms. The summed E-state index contributed by atoms with van der Waals surface area (Å²) in [5.41, 5.74) is 0. The van der Waals surface area contributed by atoms with E-state index in [1.807, 2.05) is 0 Å². The smallest absolute Gasteiger partial charge is 0.277 e. The van der Waals surface area contributed by atoms with E-state index < -0.39 is 4.92 Å². The molecule has 5 heteroatoms. The van der Waals surface area contributed by atoms with Crippen molar-refractivity contribution in [2.45, 2.75) is 6.67 Å². The van der Waals surface area contributed by atoms with Crippen molar-refractivity contribution in [3.05, 3.63) is 28.8 Å². The van der Waals surface area contributed by atoms with Crippen molar-refractivity contribution in [2.24, 2.45) is 0 Å². The molecule has 0 spiro atoms. The third-order valence-corrected chi connectivity index (χ3v) is 0.838. The van der Waals surface area contributed by atoms with Gasteiger partial charge in [0.15, 0.2) is 0 Å². The average Bonchev–Trinajstić information content (AvgIpc) is 2.15. The summed E-state index contributed by atoms with van der Waals surface area (Å²) in [5.74, 6) is 0. The molecule has 0 saturated heterocycles. The molecule has 1 aromatic rings. The molecule has 9 heavy (non-hydrogen) atoms. The number of aromatic nitrogens is 2. The summed E-state index contributed by atoms with van der Waals surface area (Å²) < 4.78 is 1.39. The van der Waals surface area contributed by atoms with Gasteiger partial charge in [-0.3, -0.25) is 14.7 Å². The monoisotopic (exact) mass is 127 g/mol. The van der Waals surface area contributed by atoms with Crippen LogP contribution in [0.4, 0.5) is 0 Å². The van der Waals surface area contributed by atoms with E-state index in [0.717, 1.165) is 0 Å². The Kier molecular flexibility index (Phi) is 1.44. The molecule has 0 fully saturated rings. The lowest BCUT2D eigenvalue weighted by molar-refractivity contribution is -0.514. The molecule has 0 aliphatic heterocycles. The van der Waals surface area contributed by atoms with Crippen molar-refractivity contribution in [3.8, 4) is 0 Å². The zero-order valence-corrected chi connectivity index (χ0v) is 4.60. The van der Waals surface area contributed by atoms with Crippen LogP contribution in [0.2, 0.25) is 0 Å². The van der Waals surface area contributed by atoms with Crippen LogP contribution in [-0.4, -0.2) is 14.5 Å². The second kappa shape index (κ2) is 2.25. The Morgan fingerprint density at radius 3 is 3.00 bits per heavy atom. The van der Waals surface area contributed by atoms with Crippen molar-refractivity contribution in [1.82, 2.24) is 9.55 Å². The molecule has 0 N–H and O–H groups in total. The van der Waals surface area contributed by atoms with Gasteiger partial charge >= 0.3 is 0 Å². The van der Waals surface area contributed by atoms with E-state index in [-0.39, 0.29) is 6.67 Å². The van der Waals surface area contributed by atoms with Gasteiger partial charge in [-0.2, -0.15) is 0 Å². The van der Waals surface area contributed by atoms with Gasteiger partial charge in [-0.1, -0.05) is 0 Å². The highest BCUT2D eigenvalue weighted by Crippen LogP contribution is 1.83. The summed E-state index contributed by atoms with van der Waals surface area (Å²) in [6.45, 7) is -0.208. The predicted octanol–water partition coefficient (Wildman–Crippen LogP) is 0.117. The zero-order valence-electron chi connectivity index (χ0n) is 4.60. The average molecular weight is 127 g/mol. The molecule has 1 rings (SSSR count). The van der Waals surface area contributed by atoms with Crippen LogP contribution >= 0.6 is 0 Å². The minimum Gasteiger partial charge on any atom is -0.277 e. The Balaban J connectivity index is 2.58. The molecule has 48 valence electrons. The van der Waals surface area contributed by atoms with E-state index in [2.05, 4.69) is 4.98 Å². The zero-order chi connectivity index (χ0) is 6.69. The highest BCUT2D eigenvalue weighted by Gasteiger charge is 1.94. The highest BCUT2D eigenvalue weighted by atomic mass is 16.6. The van der Waals surface area contributed by atoms with E-state index in [0.29, 0.717) is 0 Å². The maximum Gasteiger partial charge on any atom is 0.282 e.